The highest BCUT2D eigenvalue weighted by Crippen LogP contribution is 2.18. The minimum atomic E-state index is 0.393. The van der Waals surface area contributed by atoms with E-state index in [1.165, 1.54) is 16.7 Å². The monoisotopic (exact) mass is 267 g/mol. The summed E-state index contributed by atoms with van der Waals surface area (Å²) in [7, 11) is 0. The van der Waals surface area contributed by atoms with Crippen molar-refractivity contribution in [3.05, 3.63) is 71.3 Å². The summed E-state index contributed by atoms with van der Waals surface area (Å²) in [5.74, 6) is 0. The second-order valence-electron chi connectivity index (χ2n) is 5.54. The fourth-order valence-corrected chi connectivity index (χ4v) is 2.74. The van der Waals surface area contributed by atoms with E-state index in [1.54, 1.807) is 0 Å². The molecule has 1 N–H and O–H groups in total. The molecule has 1 heteroatoms. The maximum atomic E-state index is 3.77. The lowest BCUT2D eigenvalue weighted by Crippen LogP contribution is -2.33. The molecule has 1 unspecified atom stereocenters. The predicted molar refractivity (Wildman–Crippen MR) is 87.0 cm³/mol. The van der Waals surface area contributed by atoms with Gasteiger partial charge < -0.3 is 5.32 Å². The van der Waals surface area contributed by atoms with Crippen LogP contribution in [-0.2, 0) is 6.42 Å². The highest BCUT2D eigenvalue weighted by atomic mass is 14.9. The molecule has 0 bridgehead atoms. The zero-order valence-corrected chi connectivity index (χ0v) is 12.8. The summed E-state index contributed by atoms with van der Waals surface area (Å²) in [6, 6.07) is 20.3. The van der Waals surface area contributed by atoms with E-state index in [2.05, 4.69) is 80.7 Å². The lowest BCUT2D eigenvalue weighted by Gasteiger charge is -2.24. The molecule has 2 aromatic carbocycles. The van der Waals surface area contributed by atoms with E-state index in [4.69, 9.17) is 0 Å². The van der Waals surface area contributed by atoms with Gasteiger partial charge in [0.1, 0.15) is 0 Å². The molecule has 0 amide bonds. The van der Waals surface area contributed by atoms with Gasteiger partial charge in [-0.05, 0) is 43.4 Å². The number of hydrogen-bond donors (Lipinski definition) is 1. The molecule has 0 spiro atoms. The van der Waals surface area contributed by atoms with E-state index in [1.807, 2.05) is 0 Å². The Kier molecular flexibility index (Phi) is 5.37. The molecule has 0 saturated heterocycles. The van der Waals surface area contributed by atoms with Gasteiger partial charge in [0.05, 0.1) is 0 Å². The molecule has 0 aromatic heterocycles. The Bertz CT molecular complexity index is 518. The Morgan fingerprint density at radius 2 is 1.60 bits per heavy atom. The lowest BCUT2D eigenvalue weighted by atomic mass is 9.99. The van der Waals surface area contributed by atoms with Crippen molar-refractivity contribution < 1.29 is 0 Å². The summed E-state index contributed by atoms with van der Waals surface area (Å²) in [6.07, 6.45) is 2.23. The number of nitrogens with one attached hydrogen (secondary N) is 1. The van der Waals surface area contributed by atoms with Gasteiger partial charge in [0, 0.05) is 12.1 Å². The highest BCUT2D eigenvalue weighted by molar-refractivity contribution is 5.28. The van der Waals surface area contributed by atoms with Crippen molar-refractivity contribution in [1.29, 1.82) is 0 Å². The summed E-state index contributed by atoms with van der Waals surface area (Å²) >= 11 is 0. The molecule has 106 valence electrons. The van der Waals surface area contributed by atoms with Gasteiger partial charge in [-0.25, -0.2) is 0 Å². The van der Waals surface area contributed by atoms with Crippen LogP contribution < -0.4 is 5.32 Å². The Morgan fingerprint density at radius 1 is 0.950 bits per heavy atom. The summed E-state index contributed by atoms with van der Waals surface area (Å²) in [5, 5.41) is 3.77. The highest BCUT2D eigenvalue weighted by Gasteiger charge is 2.13. The van der Waals surface area contributed by atoms with E-state index in [0.29, 0.717) is 12.1 Å². The lowest BCUT2D eigenvalue weighted by molar-refractivity contribution is 0.439. The van der Waals surface area contributed by atoms with Gasteiger partial charge in [-0.15, -0.1) is 0 Å². The molecule has 0 aliphatic heterocycles. The van der Waals surface area contributed by atoms with Gasteiger partial charge in [-0.3, -0.25) is 0 Å². The molecular formula is C19H25N. The molecule has 20 heavy (non-hydrogen) atoms. The molecule has 2 aromatic rings. The Morgan fingerprint density at radius 3 is 2.25 bits per heavy atom. The molecule has 0 heterocycles. The average molecular weight is 267 g/mol. The van der Waals surface area contributed by atoms with Crippen LogP contribution in [0.4, 0.5) is 0 Å². The third kappa shape index (κ3) is 3.94. The van der Waals surface area contributed by atoms with Crippen LogP contribution in [0.2, 0.25) is 0 Å². The quantitative estimate of drug-likeness (QED) is 0.802. The standard InChI is InChI=1S/C19H25N/c1-4-18(14-17-11-6-5-7-12-17)20-16(3)19-13-9-8-10-15(19)2/h5-13,16,18,20H,4,14H2,1-3H3/t16-,18?/m0/s1. The second kappa shape index (κ2) is 7.25. The largest absolute Gasteiger partial charge is 0.307 e. The Balaban J connectivity index is 2.01. The minimum Gasteiger partial charge on any atom is -0.307 e. The van der Waals surface area contributed by atoms with E-state index in [-0.39, 0.29) is 0 Å². The molecule has 0 saturated carbocycles. The normalized spacial score (nSPS) is 13.9. The van der Waals surface area contributed by atoms with Crippen LogP contribution >= 0.6 is 0 Å². The molecule has 0 fully saturated rings. The summed E-state index contributed by atoms with van der Waals surface area (Å²) in [5.41, 5.74) is 4.17. The van der Waals surface area contributed by atoms with Crippen molar-refractivity contribution >= 4 is 0 Å². The Labute approximate surface area is 123 Å². The van der Waals surface area contributed by atoms with Crippen LogP contribution in [0.5, 0.6) is 0 Å². The maximum Gasteiger partial charge on any atom is 0.0297 e. The fourth-order valence-electron chi connectivity index (χ4n) is 2.74. The molecule has 0 aliphatic rings. The first kappa shape index (κ1) is 14.8. The first-order chi connectivity index (χ1) is 9.70. The predicted octanol–water partition coefficient (Wildman–Crippen LogP) is 4.67. The van der Waals surface area contributed by atoms with Gasteiger partial charge in [0.2, 0.25) is 0 Å². The van der Waals surface area contributed by atoms with Crippen LogP contribution in [-0.4, -0.2) is 6.04 Å². The molecule has 0 aliphatic carbocycles. The zero-order chi connectivity index (χ0) is 14.4. The van der Waals surface area contributed by atoms with Crippen molar-refractivity contribution in [2.75, 3.05) is 0 Å². The van der Waals surface area contributed by atoms with E-state index in [0.717, 1.165) is 12.8 Å². The first-order valence-electron chi connectivity index (χ1n) is 7.56. The minimum absolute atomic E-state index is 0.393. The summed E-state index contributed by atoms with van der Waals surface area (Å²) in [6.45, 7) is 6.70. The number of benzene rings is 2. The van der Waals surface area contributed by atoms with Crippen LogP contribution in [0.25, 0.3) is 0 Å². The summed E-state index contributed by atoms with van der Waals surface area (Å²) in [4.78, 5) is 0. The average Bonchev–Trinajstić information content (AvgIpc) is 2.48. The maximum absolute atomic E-state index is 3.77. The van der Waals surface area contributed by atoms with E-state index >= 15 is 0 Å². The third-order valence-electron chi connectivity index (χ3n) is 3.96. The molecule has 1 nitrogen and oxygen atoms in total. The van der Waals surface area contributed by atoms with Crippen LogP contribution in [0.1, 0.15) is 43.0 Å². The van der Waals surface area contributed by atoms with Crippen LogP contribution in [0, 0.1) is 6.92 Å². The van der Waals surface area contributed by atoms with Gasteiger partial charge in [0.25, 0.3) is 0 Å². The molecule has 2 rings (SSSR count). The second-order valence-corrected chi connectivity index (χ2v) is 5.54. The van der Waals surface area contributed by atoms with Crippen molar-refractivity contribution in [3.63, 3.8) is 0 Å². The number of hydrogen-bond acceptors (Lipinski definition) is 1. The van der Waals surface area contributed by atoms with Crippen molar-refractivity contribution in [2.45, 2.75) is 45.7 Å². The van der Waals surface area contributed by atoms with Gasteiger partial charge in [-0.1, -0.05) is 61.5 Å². The van der Waals surface area contributed by atoms with Crippen molar-refractivity contribution in [2.24, 2.45) is 0 Å². The smallest absolute Gasteiger partial charge is 0.0297 e. The fraction of sp³-hybridized carbons (Fsp3) is 0.368. The first-order valence-corrected chi connectivity index (χ1v) is 7.56. The van der Waals surface area contributed by atoms with Crippen molar-refractivity contribution in [1.82, 2.24) is 5.32 Å². The van der Waals surface area contributed by atoms with Gasteiger partial charge >= 0.3 is 0 Å². The summed E-state index contributed by atoms with van der Waals surface area (Å²) < 4.78 is 0. The van der Waals surface area contributed by atoms with Crippen LogP contribution in [0.15, 0.2) is 54.6 Å². The van der Waals surface area contributed by atoms with Gasteiger partial charge in [0.15, 0.2) is 0 Å². The van der Waals surface area contributed by atoms with Crippen LogP contribution in [0.3, 0.4) is 0 Å². The molecular weight excluding hydrogens is 242 g/mol. The number of aryl methyl sites for hydroxylation is 1. The van der Waals surface area contributed by atoms with E-state index < -0.39 is 0 Å². The van der Waals surface area contributed by atoms with Crippen molar-refractivity contribution in [3.8, 4) is 0 Å². The Hall–Kier alpha value is -1.60. The molecule has 0 radical (unpaired) electrons. The zero-order valence-electron chi connectivity index (χ0n) is 12.8. The third-order valence-corrected chi connectivity index (χ3v) is 3.96. The number of rotatable bonds is 6. The topological polar surface area (TPSA) is 12.0 Å². The van der Waals surface area contributed by atoms with Gasteiger partial charge in [-0.2, -0.15) is 0 Å². The van der Waals surface area contributed by atoms with E-state index in [9.17, 15) is 0 Å². The SMILES string of the molecule is CCC(Cc1ccccc1)N[C@@H](C)c1ccccc1C. The molecule has 2 atom stereocenters.